The zero-order chi connectivity index (χ0) is 19.3. The summed E-state index contributed by atoms with van der Waals surface area (Å²) in [5.41, 5.74) is 0.562. The lowest BCUT2D eigenvalue weighted by Gasteiger charge is -2.40. The largest absolute Gasteiger partial charge is 0.492 e. The Bertz CT molecular complexity index is 979. The number of thiazole rings is 1. The van der Waals surface area contributed by atoms with Gasteiger partial charge in [0.1, 0.15) is 5.82 Å². The van der Waals surface area contributed by atoms with E-state index in [9.17, 15) is 13.9 Å². The molecule has 9 heteroatoms. The molecule has 0 aliphatic carbocycles. The minimum Gasteiger partial charge on any atom is -0.492 e. The second kappa shape index (κ2) is 6.81. The number of fused-ring (bicyclic) bond motifs is 1. The number of aromatic hydroxyl groups is 1. The molecular formula is C18H20F2N4O2S. The van der Waals surface area contributed by atoms with Crippen LogP contribution in [0, 0.1) is 18.6 Å². The van der Waals surface area contributed by atoms with Crippen LogP contribution in [0.5, 0.6) is 5.88 Å². The van der Waals surface area contributed by atoms with Crippen LogP contribution >= 0.6 is 11.3 Å². The maximum atomic E-state index is 14.0. The Balaban J connectivity index is 1.85. The van der Waals surface area contributed by atoms with Crippen LogP contribution in [0.2, 0.25) is 0 Å². The van der Waals surface area contributed by atoms with Crippen LogP contribution in [-0.4, -0.2) is 49.9 Å². The molecule has 27 heavy (non-hydrogen) atoms. The smallest absolute Gasteiger partial charge is 0.230 e. The Hall–Kier alpha value is -2.10. The molecule has 2 aromatic heterocycles. The van der Waals surface area contributed by atoms with Gasteiger partial charge in [-0.25, -0.2) is 13.8 Å². The summed E-state index contributed by atoms with van der Waals surface area (Å²) in [5.74, 6) is -1.29. The molecule has 0 radical (unpaired) electrons. The van der Waals surface area contributed by atoms with Crippen molar-refractivity contribution < 1.29 is 18.6 Å². The molecule has 3 aromatic rings. The molecule has 1 fully saturated rings. The van der Waals surface area contributed by atoms with Gasteiger partial charge in [0.05, 0.1) is 23.1 Å². The van der Waals surface area contributed by atoms with Crippen molar-refractivity contribution in [3.05, 3.63) is 46.1 Å². The van der Waals surface area contributed by atoms with Gasteiger partial charge in [-0.3, -0.25) is 4.90 Å². The van der Waals surface area contributed by atoms with Gasteiger partial charge in [0.15, 0.2) is 11.6 Å². The molecule has 3 heterocycles. The van der Waals surface area contributed by atoms with E-state index in [0.717, 1.165) is 6.07 Å². The van der Waals surface area contributed by atoms with Gasteiger partial charge >= 0.3 is 0 Å². The van der Waals surface area contributed by atoms with E-state index in [0.29, 0.717) is 34.3 Å². The minimum absolute atomic E-state index is 0.0203. The first-order valence-electron chi connectivity index (χ1n) is 8.73. The van der Waals surface area contributed by atoms with E-state index in [1.807, 2.05) is 13.8 Å². The third-order valence-corrected chi connectivity index (χ3v) is 5.70. The fourth-order valence-electron chi connectivity index (χ4n) is 3.67. The number of hydrogen-bond acceptors (Lipinski definition) is 6. The van der Waals surface area contributed by atoms with E-state index in [-0.39, 0.29) is 18.1 Å². The van der Waals surface area contributed by atoms with Crippen LogP contribution in [0.4, 0.5) is 8.78 Å². The summed E-state index contributed by atoms with van der Waals surface area (Å²) in [6.45, 7) is 6.88. The van der Waals surface area contributed by atoms with E-state index in [4.69, 9.17) is 4.74 Å². The molecule has 0 spiro atoms. The Morgan fingerprint density at radius 2 is 1.93 bits per heavy atom. The van der Waals surface area contributed by atoms with Gasteiger partial charge < -0.3 is 9.84 Å². The Morgan fingerprint density at radius 3 is 2.56 bits per heavy atom. The molecule has 0 unspecified atom stereocenters. The average Bonchev–Trinajstić information content (AvgIpc) is 3.08. The van der Waals surface area contributed by atoms with Crippen LogP contribution in [0.25, 0.3) is 4.96 Å². The van der Waals surface area contributed by atoms with Crippen molar-refractivity contribution in [3.63, 3.8) is 0 Å². The topological polar surface area (TPSA) is 62.9 Å². The van der Waals surface area contributed by atoms with E-state index in [1.165, 1.54) is 21.9 Å². The maximum Gasteiger partial charge on any atom is 0.230 e. The normalized spacial score (nSPS) is 22.4. The molecule has 0 amide bonds. The van der Waals surface area contributed by atoms with Gasteiger partial charge in [0.2, 0.25) is 10.8 Å². The summed E-state index contributed by atoms with van der Waals surface area (Å²) in [5, 5.41) is 15.0. The predicted octanol–water partition coefficient (Wildman–Crippen LogP) is 3.28. The second-order valence-corrected chi connectivity index (χ2v) is 7.94. The van der Waals surface area contributed by atoms with Crippen LogP contribution in [-0.2, 0) is 4.74 Å². The van der Waals surface area contributed by atoms with Crippen LogP contribution in [0.15, 0.2) is 18.2 Å². The Labute approximate surface area is 159 Å². The lowest BCUT2D eigenvalue weighted by molar-refractivity contribution is -0.0764. The van der Waals surface area contributed by atoms with Crippen molar-refractivity contribution in [2.45, 2.75) is 39.0 Å². The van der Waals surface area contributed by atoms with Crippen LogP contribution in [0.3, 0.4) is 0 Å². The standard InChI is InChI=1S/C18H20F2N4O2S/c1-9-7-23(8-10(2)26-9)15(12-4-5-13(19)14(20)6-12)16-17(25)24-18(27-16)21-11(3)22-24/h4-6,9-10,15,25H,7-8H2,1-3H3/t9-,10+,15-/m1/s1. The average molecular weight is 394 g/mol. The van der Waals surface area contributed by atoms with Gasteiger partial charge in [0.25, 0.3) is 0 Å². The zero-order valence-corrected chi connectivity index (χ0v) is 16.0. The van der Waals surface area contributed by atoms with E-state index in [2.05, 4.69) is 15.0 Å². The fraction of sp³-hybridized carbons (Fsp3) is 0.444. The van der Waals surface area contributed by atoms with Crippen molar-refractivity contribution in [1.82, 2.24) is 19.5 Å². The quantitative estimate of drug-likeness (QED) is 0.739. The summed E-state index contributed by atoms with van der Waals surface area (Å²) in [6, 6.07) is 3.39. The summed E-state index contributed by atoms with van der Waals surface area (Å²) in [4.78, 5) is 7.58. The van der Waals surface area contributed by atoms with Crippen molar-refractivity contribution in [3.8, 4) is 5.88 Å². The highest BCUT2D eigenvalue weighted by atomic mass is 32.1. The SMILES string of the molecule is Cc1nc2sc([C@@H](c3ccc(F)c(F)c3)N3C[C@@H](C)O[C@@H](C)C3)c(O)n2n1. The molecule has 1 saturated heterocycles. The molecule has 0 bridgehead atoms. The first-order chi connectivity index (χ1) is 12.8. The van der Waals surface area contributed by atoms with E-state index in [1.54, 1.807) is 13.0 Å². The van der Waals surface area contributed by atoms with E-state index < -0.39 is 17.7 Å². The third kappa shape index (κ3) is 3.30. The van der Waals surface area contributed by atoms with Gasteiger partial charge in [-0.15, -0.1) is 5.10 Å². The van der Waals surface area contributed by atoms with E-state index >= 15 is 0 Å². The Morgan fingerprint density at radius 1 is 1.22 bits per heavy atom. The molecule has 3 atom stereocenters. The lowest BCUT2D eigenvalue weighted by atomic mass is 10.0. The minimum atomic E-state index is -0.915. The summed E-state index contributed by atoms with van der Waals surface area (Å²) in [7, 11) is 0. The number of morpholine rings is 1. The molecule has 144 valence electrons. The van der Waals surface area contributed by atoms with Crippen molar-refractivity contribution in [1.29, 1.82) is 0 Å². The number of halogens is 2. The number of hydrogen-bond donors (Lipinski definition) is 1. The molecule has 1 aliphatic rings. The first-order valence-corrected chi connectivity index (χ1v) is 9.54. The lowest BCUT2D eigenvalue weighted by Crippen LogP contribution is -2.47. The number of nitrogens with zero attached hydrogens (tertiary/aromatic N) is 4. The molecule has 4 rings (SSSR count). The number of rotatable bonds is 3. The van der Waals surface area contributed by atoms with Crippen molar-refractivity contribution in [2.24, 2.45) is 0 Å². The number of benzene rings is 1. The molecule has 1 aromatic carbocycles. The van der Waals surface area contributed by atoms with Gasteiger partial charge in [0, 0.05) is 13.1 Å². The van der Waals surface area contributed by atoms with Crippen LogP contribution in [0.1, 0.15) is 36.2 Å². The fourth-order valence-corrected chi connectivity index (χ4v) is 4.83. The number of aromatic nitrogens is 3. The van der Waals surface area contributed by atoms with Crippen molar-refractivity contribution >= 4 is 16.3 Å². The summed E-state index contributed by atoms with van der Waals surface area (Å²) < 4.78 is 34.7. The monoisotopic (exact) mass is 394 g/mol. The third-order valence-electron chi connectivity index (χ3n) is 4.63. The highest BCUT2D eigenvalue weighted by molar-refractivity contribution is 7.17. The summed E-state index contributed by atoms with van der Waals surface area (Å²) in [6.07, 6.45) is -0.0406. The predicted molar refractivity (Wildman–Crippen MR) is 97.0 cm³/mol. The van der Waals surface area contributed by atoms with Gasteiger partial charge in [-0.05, 0) is 38.5 Å². The number of aryl methyl sites for hydroxylation is 1. The van der Waals surface area contributed by atoms with Crippen LogP contribution < -0.4 is 0 Å². The zero-order valence-electron chi connectivity index (χ0n) is 15.2. The highest BCUT2D eigenvalue weighted by Crippen LogP contribution is 2.41. The highest BCUT2D eigenvalue weighted by Gasteiger charge is 2.34. The first kappa shape index (κ1) is 18.3. The van der Waals surface area contributed by atoms with Gasteiger partial charge in [-0.2, -0.15) is 4.52 Å². The molecular weight excluding hydrogens is 374 g/mol. The maximum absolute atomic E-state index is 14.0. The number of ether oxygens (including phenoxy) is 1. The Kier molecular flexibility index (Phi) is 4.61. The molecule has 1 N–H and O–H groups in total. The van der Waals surface area contributed by atoms with Gasteiger partial charge in [-0.1, -0.05) is 17.4 Å². The summed E-state index contributed by atoms with van der Waals surface area (Å²) >= 11 is 1.29. The molecule has 0 saturated carbocycles. The molecule has 6 nitrogen and oxygen atoms in total. The second-order valence-electron chi connectivity index (χ2n) is 6.93. The van der Waals surface area contributed by atoms with Crippen molar-refractivity contribution in [2.75, 3.05) is 13.1 Å². The molecule has 1 aliphatic heterocycles.